The molecule has 5 rings (SSSR count). The first-order chi connectivity index (χ1) is 13.8. The number of likely N-dealkylation sites (tertiary alicyclic amines) is 1. The van der Waals surface area contributed by atoms with Crippen LogP contribution in [-0.4, -0.2) is 56.5 Å². The van der Waals surface area contributed by atoms with Gasteiger partial charge in [0.1, 0.15) is 5.65 Å². The number of aromatic nitrogens is 5. The number of fused-ring (bicyclic) bond motifs is 2. The third kappa shape index (κ3) is 3.29. The summed E-state index contributed by atoms with van der Waals surface area (Å²) in [6, 6.07) is 6.11. The number of H-pyrrole nitrogens is 1. The van der Waals surface area contributed by atoms with Gasteiger partial charge in [-0.3, -0.25) is 9.97 Å². The number of nitrogens with one attached hydrogen (secondary N) is 2. The average molecular weight is 373 g/mol. The van der Waals surface area contributed by atoms with Crippen molar-refractivity contribution in [3.05, 3.63) is 43.0 Å². The van der Waals surface area contributed by atoms with Crippen LogP contribution in [-0.2, 0) is 0 Å². The molecule has 1 fully saturated rings. The van der Waals surface area contributed by atoms with Crippen molar-refractivity contribution in [2.24, 2.45) is 5.92 Å². The van der Waals surface area contributed by atoms with Crippen LogP contribution in [0.15, 0.2) is 43.0 Å². The van der Waals surface area contributed by atoms with E-state index in [1.54, 1.807) is 12.4 Å². The summed E-state index contributed by atoms with van der Waals surface area (Å²) < 4.78 is 0. The second kappa shape index (κ2) is 7.16. The van der Waals surface area contributed by atoms with E-state index in [9.17, 15) is 0 Å². The highest BCUT2D eigenvalue weighted by Crippen LogP contribution is 2.29. The van der Waals surface area contributed by atoms with Gasteiger partial charge < -0.3 is 15.2 Å². The number of hydrogen-bond donors (Lipinski definition) is 2. The predicted molar refractivity (Wildman–Crippen MR) is 111 cm³/mol. The molecule has 1 aromatic carbocycles. The van der Waals surface area contributed by atoms with Crippen LogP contribution in [0.25, 0.3) is 33.2 Å². The number of anilines is 1. The van der Waals surface area contributed by atoms with Gasteiger partial charge in [0.2, 0.25) is 5.95 Å². The fourth-order valence-electron chi connectivity index (χ4n) is 3.86. The largest absolute Gasteiger partial charge is 0.354 e. The molecule has 0 unspecified atom stereocenters. The Morgan fingerprint density at radius 3 is 2.79 bits per heavy atom. The number of piperidine rings is 1. The molecule has 3 aromatic heterocycles. The van der Waals surface area contributed by atoms with Gasteiger partial charge in [0.05, 0.1) is 11.0 Å². The second-order valence-electron chi connectivity index (χ2n) is 7.55. The molecule has 4 heterocycles. The van der Waals surface area contributed by atoms with Crippen LogP contribution in [0.1, 0.15) is 12.8 Å². The minimum absolute atomic E-state index is 0.684. The lowest BCUT2D eigenvalue weighted by Gasteiger charge is -2.28. The molecule has 0 atom stereocenters. The summed E-state index contributed by atoms with van der Waals surface area (Å²) in [6.45, 7) is 3.26. The molecule has 0 aliphatic carbocycles. The Hall–Kier alpha value is -3.06. The van der Waals surface area contributed by atoms with E-state index in [4.69, 9.17) is 0 Å². The number of rotatable bonds is 4. The lowest BCUT2D eigenvalue weighted by Crippen LogP contribution is -2.33. The van der Waals surface area contributed by atoms with Gasteiger partial charge in [-0.2, -0.15) is 4.98 Å². The first-order valence-electron chi connectivity index (χ1n) is 9.74. The van der Waals surface area contributed by atoms with Crippen molar-refractivity contribution in [3.8, 4) is 11.1 Å². The van der Waals surface area contributed by atoms with Crippen LogP contribution in [0.3, 0.4) is 0 Å². The van der Waals surface area contributed by atoms with Gasteiger partial charge in [-0.25, -0.2) is 4.98 Å². The van der Waals surface area contributed by atoms with E-state index in [0.717, 1.165) is 39.7 Å². The van der Waals surface area contributed by atoms with Crippen molar-refractivity contribution in [1.29, 1.82) is 0 Å². The zero-order chi connectivity index (χ0) is 18.9. The quantitative estimate of drug-likeness (QED) is 0.571. The highest BCUT2D eigenvalue weighted by Gasteiger charge is 2.17. The van der Waals surface area contributed by atoms with Crippen LogP contribution in [0.5, 0.6) is 0 Å². The maximum atomic E-state index is 4.67. The van der Waals surface area contributed by atoms with E-state index in [0.29, 0.717) is 11.9 Å². The average Bonchev–Trinajstić information content (AvgIpc) is 3.16. The lowest BCUT2D eigenvalue weighted by atomic mass is 9.97. The third-order valence-electron chi connectivity index (χ3n) is 5.60. The summed E-state index contributed by atoms with van der Waals surface area (Å²) in [7, 11) is 2.19. The monoisotopic (exact) mass is 373 g/mol. The van der Waals surface area contributed by atoms with E-state index in [1.165, 1.54) is 25.9 Å². The Morgan fingerprint density at radius 2 is 1.93 bits per heavy atom. The van der Waals surface area contributed by atoms with Crippen molar-refractivity contribution in [2.45, 2.75) is 12.8 Å². The molecule has 1 aliphatic rings. The Balaban J connectivity index is 1.37. The van der Waals surface area contributed by atoms with Gasteiger partial charge in [-0.1, -0.05) is 6.07 Å². The Morgan fingerprint density at radius 1 is 1.11 bits per heavy atom. The summed E-state index contributed by atoms with van der Waals surface area (Å²) in [4.78, 5) is 23.6. The number of benzene rings is 1. The highest BCUT2D eigenvalue weighted by molar-refractivity contribution is 5.95. The fraction of sp³-hybridized carbons (Fsp3) is 0.333. The fourth-order valence-corrected chi connectivity index (χ4v) is 3.86. The first-order valence-corrected chi connectivity index (χ1v) is 9.74. The molecule has 0 spiro atoms. The van der Waals surface area contributed by atoms with Gasteiger partial charge >= 0.3 is 0 Å². The number of nitrogens with zero attached hydrogens (tertiary/aromatic N) is 5. The molecule has 28 heavy (non-hydrogen) atoms. The molecule has 0 amide bonds. The minimum Gasteiger partial charge on any atom is -0.354 e. The van der Waals surface area contributed by atoms with Gasteiger partial charge in [0.15, 0.2) is 0 Å². The van der Waals surface area contributed by atoms with E-state index in [-0.39, 0.29) is 0 Å². The van der Waals surface area contributed by atoms with Gasteiger partial charge in [0.25, 0.3) is 0 Å². The molecule has 142 valence electrons. The molecule has 0 saturated carbocycles. The molecule has 2 N–H and O–H groups in total. The van der Waals surface area contributed by atoms with E-state index in [2.05, 4.69) is 54.3 Å². The molecular formula is C21H23N7. The number of aromatic amines is 1. The topological polar surface area (TPSA) is 82.6 Å². The van der Waals surface area contributed by atoms with Crippen LogP contribution < -0.4 is 5.32 Å². The second-order valence-corrected chi connectivity index (χ2v) is 7.55. The number of hydrogen-bond acceptors (Lipinski definition) is 6. The van der Waals surface area contributed by atoms with Crippen molar-refractivity contribution < 1.29 is 0 Å². The Labute approximate surface area is 163 Å². The summed E-state index contributed by atoms with van der Waals surface area (Å²) in [5.74, 6) is 1.37. The van der Waals surface area contributed by atoms with Crippen molar-refractivity contribution >= 4 is 28.0 Å². The van der Waals surface area contributed by atoms with Crippen molar-refractivity contribution in [2.75, 3.05) is 32.0 Å². The van der Waals surface area contributed by atoms with Crippen LogP contribution in [0.4, 0.5) is 5.95 Å². The first kappa shape index (κ1) is 17.1. The van der Waals surface area contributed by atoms with Crippen molar-refractivity contribution in [1.82, 2.24) is 29.8 Å². The van der Waals surface area contributed by atoms with Crippen molar-refractivity contribution in [3.63, 3.8) is 0 Å². The van der Waals surface area contributed by atoms with E-state index >= 15 is 0 Å². The summed E-state index contributed by atoms with van der Waals surface area (Å²) in [6.07, 6.45) is 9.75. The summed E-state index contributed by atoms with van der Waals surface area (Å²) in [5, 5.41) is 4.42. The Kier molecular flexibility index (Phi) is 4.37. The van der Waals surface area contributed by atoms with Gasteiger partial charge in [-0.05, 0) is 56.6 Å². The zero-order valence-corrected chi connectivity index (χ0v) is 15.9. The predicted octanol–water partition coefficient (Wildman–Crippen LogP) is 3.32. The van der Waals surface area contributed by atoms with Crippen LogP contribution in [0.2, 0.25) is 0 Å². The van der Waals surface area contributed by atoms with Gasteiger partial charge in [0, 0.05) is 42.3 Å². The molecule has 0 bridgehead atoms. The van der Waals surface area contributed by atoms with E-state index < -0.39 is 0 Å². The summed E-state index contributed by atoms with van der Waals surface area (Å²) in [5.41, 5.74) is 4.77. The highest BCUT2D eigenvalue weighted by atomic mass is 15.1. The standard InChI is InChI=1S/C21H23N7/c1-28-8-4-14(5-9-28)11-25-21-26-13-17-16(12-24-20(17)27-21)15-2-3-18-19(10-15)23-7-6-22-18/h2-3,6-7,10,12-14H,4-5,8-9,11H2,1H3,(H2,24,25,26,27). The maximum Gasteiger partial charge on any atom is 0.224 e. The normalized spacial score (nSPS) is 16.0. The minimum atomic E-state index is 0.684. The molecule has 1 saturated heterocycles. The van der Waals surface area contributed by atoms with Crippen LogP contribution >= 0.6 is 0 Å². The molecule has 4 aromatic rings. The summed E-state index contributed by atoms with van der Waals surface area (Å²) >= 11 is 0. The maximum absolute atomic E-state index is 4.67. The van der Waals surface area contributed by atoms with Crippen LogP contribution in [0, 0.1) is 5.92 Å². The molecular weight excluding hydrogens is 350 g/mol. The Bertz CT molecular complexity index is 1110. The smallest absolute Gasteiger partial charge is 0.224 e. The molecule has 7 heteroatoms. The SMILES string of the molecule is CN1CCC(CNc2ncc3c(-c4ccc5nccnc5c4)c[nH]c3n2)CC1. The molecule has 1 aliphatic heterocycles. The lowest BCUT2D eigenvalue weighted by molar-refractivity contribution is 0.226. The third-order valence-corrected chi connectivity index (χ3v) is 5.60. The van der Waals surface area contributed by atoms with E-state index in [1.807, 2.05) is 18.5 Å². The molecule has 0 radical (unpaired) electrons. The molecule has 7 nitrogen and oxygen atoms in total. The zero-order valence-electron chi connectivity index (χ0n) is 15.9. The van der Waals surface area contributed by atoms with Gasteiger partial charge in [-0.15, -0.1) is 0 Å².